The fraction of sp³-hybridized carbons (Fsp3) is 0.200. The molecular formula is C15H15NO4. The minimum absolute atomic E-state index is 0.0111. The van der Waals surface area contributed by atoms with Crippen LogP contribution in [0.15, 0.2) is 42.5 Å². The number of aliphatic hydroxyl groups excluding tert-OH is 1. The number of ether oxygens (including phenoxy) is 1. The zero-order valence-corrected chi connectivity index (χ0v) is 11.2. The van der Waals surface area contributed by atoms with Crippen molar-refractivity contribution in [2.45, 2.75) is 20.0 Å². The summed E-state index contributed by atoms with van der Waals surface area (Å²) >= 11 is 0. The van der Waals surface area contributed by atoms with Crippen molar-refractivity contribution in [3.8, 4) is 11.5 Å². The second-order valence-electron chi connectivity index (χ2n) is 4.47. The van der Waals surface area contributed by atoms with Gasteiger partial charge in [-0.1, -0.05) is 24.3 Å². The zero-order chi connectivity index (χ0) is 14.7. The number of nitrogens with zero attached hydrogens (tertiary/aromatic N) is 1. The molecule has 0 spiro atoms. The van der Waals surface area contributed by atoms with Crippen LogP contribution in [0.1, 0.15) is 24.2 Å². The lowest BCUT2D eigenvalue weighted by atomic mass is 10.1. The smallest absolute Gasteiger partial charge is 0.276 e. The first-order chi connectivity index (χ1) is 9.50. The van der Waals surface area contributed by atoms with Crippen LogP contribution in [0.2, 0.25) is 0 Å². The summed E-state index contributed by atoms with van der Waals surface area (Å²) in [5.41, 5.74) is 1.10. The predicted octanol–water partition coefficient (Wildman–Crippen LogP) is 3.75. The Balaban J connectivity index is 2.41. The van der Waals surface area contributed by atoms with Crippen LogP contribution < -0.4 is 4.74 Å². The van der Waals surface area contributed by atoms with Gasteiger partial charge in [0.05, 0.1) is 16.6 Å². The fourth-order valence-corrected chi connectivity index (χ4v) is 1.95. The summed E-state index contributed by atoms with van der Waals surface area (Å²) in [6.45, 7) is 3.28. The normalized spacial score (nSPS) is 11.9. The predicted molar refractivity (Wildman–Crippen MR) is 75.0 cm³/mol. The third-order valence-corrected chi connectivity index (χ3v) is 3.04. The Labute approximate surface area is 116 Å². The Morgan fingerprint density at radius 1 is 1.15 bits per heavy atom. The molecule has 0 fully saturated rings. The van der Waals surface area contributed by atoms with Crippen molar-refractivity contribution in [3.63, 3.8) is 0 Å². The number of rotatable bonds is 4. The molecule has 1 unspecified atom stereocenters. The Morgan fingerprint density at radius 2 is 1.80 bits per heavy atom. The highest BCUT2D eigenvalue weighted by Crippen LogP contribution is 2.34. The van der Waals surface area contributed by atoms with Gasteiger partial charge in [0.15, 0.2) is 0 Å². The monoisotopic (exact) mass is 273 g/mol. The topological polar surface area (TPSA) is 72.6 Å². The first-order valence-corrected chi connectivity index (χ1v) is 6.19. The summed E-state index contributed by atoms with van der Waals surface area (Å²) in [5.74, 6) is 0.901. The van der Waals surface area contributed by atoms with Crippen molar-refractivity contribution in [3.05, 3.63) is 63.7 Å². The molecule has 0 aliphatic rings. The van der Waals surface area contributed by atoms with E-state index in [1.807, 2.05) is 0 Å². The fourth-order valence-electron chi connectivity index (χ4n) is 1.95. The number of aliphatic hydroxyl groups is 1. The third kappa shape index (κ3) is 2.78. The molecule has 0 aliphatic heterocycles. The van der Waals surface area contributed by atoms with Crippen molar-refractivity contribution in [2.24, 2.45) is 0 Å². The minimum Gasteiger partial charge on any atom is -0.456 e. The molecule has 2 aromatic rings. The Morgan fingerprint density at radius 3 is 2.45 bits per heavy atom. The number of hydrogen-bond donors (Lipinski definition) is 1. The Kier molecular flexibility index (Phi) is 4.00. The van der Waals surface area contributed by atoms with E-state index in [1.54, 1.807) is 50.2 Å². The second-order valence-corrected chi connectivity index (χ2v) is 4.47. The largest absolute Gasteiger partial charge is 0.456 e. The number of para-hydroxylation sites is 1. The molecule has 5 nitrogen and oxygen atoms in total. The van der Waals surface area contributed by atoms with E-state index >= 15 is 0 Å². The zero-order valence-electron chi connectivity index (χ0n) is 11.2. The van der Waals surface area contributed by atoms with Gasteiger partial charge in [-0.15, -0.1) is 0 Å². The molecule has 5 heteroatoms. The molecule has 0 radical (unpaired) electrons. The van der Waals surface area contributed by atoms with Gasteiger partial charge in [0.1, 0.15) is 11.5 Å². The molecule has 0 saturated heterocycles. The summed E-state index contributed by atoms with van der Waals surface area (Å²) < 4.78 is 5.73. The molecule has 20 heavy (non-hydrogen) atoms. The first-order valence-electron chi connectivity index (χ1n) is 6.19. The van der Waals surface area contributed by atoms with Gasteiger partial charge >= 0.3 is 0 Å². The quantitative estimate of drug-likeness (QED) is 0.680. The van der Waals surface area contributed by atoms with Crippen molar-refractivity contribution in [2.75, 3.05) is 0 Å². The molecule has 0 bridgehead atoms. The number of nitro groups is 1. The van der Waals surface area contributed by atoms with Crippen LogP contribution in [0, 0.1) is 17.0 Å². The summed E-state index contributed by atoms with van der Waals surface area (Å²) in [6.07, 6.45) is -0.676. The van der Waals surface area contributed by atoms with Gasteiger partial charge in [-0.2, -0.15) is 0 Å². The molecule has 0 amide bonds. The van der Waals surface area contributed by atoms with Crippen molar-refractivity contribution < 1.29 is 14.8 Å². The van der Waals surface area contributed by atoms with Crippen molar-refractivity contribution >= 4 is 5.69 Å². The van der Waals surface area contributed by atoms with Crippen LogP contribution in [0.4, 0.5) is 5.69 Å². The van der Waals surface area contributed by atoms with E-state index in [9.17, 15) is 15.2 Å². The van der Waals surface area contributed by atoms with E-state index in [-0.39, 0.29) is 5.69 Å². The van der Waals surface area contributed by atoms with Crippen LogP contribution in [0.5, 0.6) is 11.5 Å². The molecular weight excluding hydrogens is 258 g/mol. The molecule has 2 aromatic carbocycles. The second kappa shape index (κ2) is 5.71. The molecule has 1 atom stereocenters. The van der Waals surface area contributed by atoms with Gasteiger partial charge < -0.3 is 9.84 Å². The van der Waals surface area contributed by atoms with Crippen LogP contribution in [-0.4, -0.2) is 10.0 Å². The van der Waals surface area contributed by atoms with Gasteiger partial charge in [0, 0.05) is 11.6 Å². The number of hydrogen-bond acceptors (Lipinski definition) is 4. The van der Waals surface area contributed by atoms with Crippen molar-refractivity contribution in [1.82, 2.24) is 0 Å². The minimum atomic E-state index is -0.676. The lowest BCUT2D eigenvalue weighted by molar-refractivity contribution is -0.385. The summed E-state index contributed by atoms with van der Waals surface area (Å²) in [6, 6.07) is 11.7. The SMILES string of the molecule is Cc1c(Oc2ccccc2C(C)O)cccc1[N+](=O)[O-]. The molecule has 0 heterocycles. The third-order valence-electron chi connectivity index (χ3n) is 3.04. The van der Waals surface area contributed by atoms with Gasteiger partial charge in [-0.3, -0.25) is 10.1 Å². The lowest BCUT2D eigenvalue weighted by Crippen LogP contribution is -1.98. The molecule has 0 aliphatic carbocycles. The van der Waals surface area contributed by atoms with Crippen LogP contribution in [0.25, 0.3) is 0 Å². The Hall–Kier alpha value is -2.40. The van der Waals surface area contributed by atoms with Crippen LogP contribution in [-0.2, 0) is 0 Å². The summed E-state index contributed by atoms with van der Waals surface area (Å²) in [4.78, 5) is 10.5. The number of benzene rings is 2. The average Bonchev–Trinajstić information content (AvgIpc) is 2.41. The van der Waals surface area contributed by atoms with Gasteiger partial charge in [-0.05, 0) is 26.0 Å². The highest BCUT2D eigenvalue weighted by molar-refractivity contribution is 5.50. The first kappa shape index (κ1) is 14.0. The maximum absolute atomic E-state index is 10.9. The molecule has 0 aromatic heterocycles. The van der Waals surface area contributed by atoms with E-state index in [0.717, 1.165) is 0 Å². The van der Waals surface area contributed by atoms with Crippen LogP contribution in [0.3, 0.4) is 0 Å². The molecule has 2 rings (SSSR count). The van der Waals surface area contributed by atoms with E-state index in [4.69, 9.17) is 4.74 Å². The molecule has 0 saturated carbocycles. The Bertz CT molecular complexity index is 638. The summed E-state index contributed by atoms with van der Waals surface area (Å²) in [7, 11) is 0. The highest BCUT2D eigenvalue weighted by atomic mass is 16.6. The van der Waals surface area contributed by atoms with E-state index < -0.39 is 11.0 Å². The van der Waals surface area contributed by atoms with Gasteiger partial charge in [-0.25, -0.2) is 0 Å². The van der Waals surface area contributed by atoms with Crippen LogP contribution >= 0.6 is 0 Å². The standard InChI is InChI=1S/C15H15NO4/c1-10-13(16(18)19)7-5-9-14(10)20-15-8-4-3-6-12(15)11(2)17/h3-9,11,17H,1-2H3. The van der Waals surface area contributed by atoms with E-state index in [1.165, 1.54) is 6.07 Å². The van der Waals surface area contributed by atoms with Gasteiger partial charge in [0.2, 0.25) is 0 Å². The maximum Gasteiger partial charge on any atom is 0.276 e. The lowest BCUT2D eigenvalue weighted by Gasteiger charge is -2.14. The summed E-state index contributed by atoms with van der Waals surface area (Å²) in [5, 5.41) is 20.6. The maximum atomic E-state index is 10.9. The van der Waals surface area contributed by atoms with E-state index in [0.29, 0.717) is 22.6 Å². The molecule has 1 N–H and O–H groups in total. The molecule has 104 valence electrons. The van der Waals surface area contributed by atoms with Gasteiger partial charge in [0.25, 0.3) is 5.69 Å². The number of nitro benzene ring substituents is 1. The van der Waals surface area contributed by atoms with E-state index in [2.05, 4.69) is 0 Å². The van der Waals surface area contributed by atoms with Crippen molar-refractivity contribution in [1.29, 1.82) is 0 Å². The highest BCUT2D eigenvalue weighted by Gasteiger charge is 2.16. The average molecular weight is 273 g/mol.